The zero-order chi connectivity index (χ0) is 12.4. The molecule has 10 heteroatoms. The van der Waals surface area contributed by atoms with Crippen molar-refractivity contribution in [3.8, 4) is 0 Å². The molecule has 10 nitrogen and oxygen atoms in total. The van der Waals surface area contributed by atoms with Gasteiger partial charge in [0.25, 0.3) is 0 Å². The first-order valence-electron chi connectivity index (χ1n) is 4.70. The second kappa shape index (κ2) is 4.17. The normalized spacial score (nSPS) is 15.5. The Morgan fingerprint density at radius 1 is 1.06 bits per heavy atom. The van der Waals surface area contributed by atoms with Gasteiger partial charge in [-0.2, -0.15) is 19.9 Å². The van der Waals surface area contributed by atoms with Crippen LogP contribution in [0.1, 0.15) is 5.82 Å². The van der Waals surface area contributed by atoms with Gasteiger partial charge in [0.15, 0.2) is 0 Å². The Bertz CT molecular complexity index is 471. The van der Waals surface area contributed by atoms with Crippen LogP contribution in [0.15, 0.2) is 9.98 Å². The number of hydrogen-bond acceptors (Lipinski definition) is 10. The summed E-state index contributed by atoms with van der Waals surface area (Å²) in [7, 11) is 0. The van der Waals surface area contributed by atoms with Crippen LogP contribution in [0.5, 0.6) is 0 Å². The number of nitrogens with two attached hydrogens (primary N) is 4. The van der Waals surface area contributed by atoms with E-state index in [-0.39, 0.29) is 30.9 Å². The van der Waals surface area contributed by atoms with E-state index in [1.54, 1.807) is 0 Å². The van der Waals surface area contributed by atoms with E-state index in [1.165, 1.54) is 5.01 Å². The third kappa shape index (κ3) is 2.55. The molecule has 90 valence electrons. The number of amidine groups is 1. The van der Waals surface area contributed by atoms with Gasteiger partial charge in [0.05, 0.1) is 6.42 Å². The molecule has 0 aromatic carbocycles. The van der Waals surface area contributed by atoms with Crippen molar-refractivity contribution in [2.45, 2.75) is 6.42 Å². The van der Waals surface area contributed by atoms with Gasteiger partial charge in [0, 0.05) is 0 Å². The number of aliphatic imine (C=N–C) groups is 2. The molecule has 2 heterocycles. The fourth-order valence-electron chi connectivity index (χ4n) is 1.28. The molecule has 8 N–H and O–H groups in total. The highest BCUT2D eigenvalue weighted by atomic mass is 15.5. The fourth-order valence-corrected chi connectivity index (χ4v) is 1.28. The highest BCUT2D eigenvalue weighted by molar-refractivity contribution is 5.97. The van der Waals surface area contributed by atoms with Gasteiger partial charge in [-0.05, 0) is 0 Å². The van der Waals surface area contributed by atoms with Crippen LogP contribution in [0, 0.1) is 0 Å². The summed E-state index contributed by atoms with van der Waals surface area (Å²) in [5.74, 6) is 6.80. The highest BCUT2D eigenvalue weighted by Gasteiger charge is 2.15. The summed E-state index contributed by atoms with van der Waals surface area (Å²) >= 11 is 0. The maximum absolute atomic E-state index is 5.67. The van der Waals surface area contributed by atoms with Crippen molar-refractivity contribution in [2.24, 2.45) is 21.6 Å². The van der Waals surface area contributed by atoms with Crippen LogP contribution in [-0.4, -0.2) is 38.4 Å². The lowest BCUT2D eigenvalue weighted by molar-refractivity contribution is 0.440. The smallest absolute Gasteiger partial charge is 0.225 e. The molecule has 17 heavy (non-hydrogen) atoms. The van der Waals surface area contributed by atoms with E-state index in [1.807, 2.05) is 0 Å². The zero-order valence-electron chi connectivity index (χ0n) is 8.91. The second-order valence-corrected chi connectivity index (χ2v) is 3.30. The number of guanidine groups is 1. The van der Waals surface area contributed by atoms with Gasteiger partial charge in [-0.1, -0.05) is 0 Å². The summed E-state index contributed by atoms with van der Waals surface area (Å²) < 4.78 is 0. The minimum atomic E-state index is 0.0501. The van der Waals surface area contributed by atoms with Crippen molar-refractivity contribution in [1.82, 2.24) is 20.0 Å². The third-order valence-corrected chi connectivity index (χ3v) is 1.99. The van der Waals surface area contributed by atoms with E-state index < -0.39 is 0 Å². The maximum atomic E-state index is 5.67. The van der Waals surface area contributed by atoms with Crippen molar-refractivity contribution in [2.75, 3.05) is 18.1 Å². The monoisotopic (exact) mass is 236 g/mol. The van der Waals surface area contributed by atoms with E-state index in [2.05, 4.69) is 24.9 Å². The molecule has 1 aromatic rings. The Hall–Kier alpha value is -2.49. The number of hydrazine groups is 1. The van der Waals surface area contributed by atoms with Gasteiger partial charge in [-0.15, -0.1) is 0 Å². The van der Waals surface area contributed by atoms with Crippen LogP contribution in [-0.2, 0) is 6.42 Å². The summed E-state index contributed by atoms with van der Waals surface area (Å²) in [4.78, 5) is 19.3. The van der Waals surface area contributed by atoms with Crippen molar-refractivity contribution in [3.05, 3.63) is 5.82 Å². The molecule has 0 spiro atoms. The van der Waals surface area contributed by atoms with E-state index in [9.17, 15) is 0 Å². The maximum Gasteiger partial charge on any atom is 0.225 e. The van der Waals surface area contributed by atoms with Crippen molar-refractivity contribution in [1.29, 1.82) is 0 Å². The lowest BCUT2D eigenvalue weighted by atomic mass is 10.3. The van der Waals surface area contributed by atoms with Gasteiger partial charge >= 0.3 is 0 Å². The van der Waals surface area contributed by atoms with Gasteiger partial charge in [0.2, 0.25) is 17.9 Å². The number of rotatable bonds is 2. The Balaban J connectivity index is 2.23. The second-order valence-electron chi connectivity index (χ2n) is 3.30. The van der Waals surface area contributed by atoms with Gasteiger partial charge in [-0.25, -0.2) is 10.8 Å². The molecule has 0 aliphatic carbocycles. The summed E-state index contributed by atoms with van der Waals surface area (Å²) in [6.07, 6.45) is 0.254. The summed E-state index contributed by atoms with van der Waals surface area (Å²) in [5, 5.41) is 1.34. The Morgan fingerprint density at radius 2 is 1.71 bits per heavy atom. The summed E-state index contributed by atoms with van der Waals surface area (Å²) in [6.45, 7) is 0.237. The summed E-state index contributed by atoms with van der Waals surface area (Å²) in [5.41, 5.74) is 16.4. The minimum Gasteiger partial charge on any atom is -0.368 e. The van der Waals surface area contributed by atoms with Crippen LogP contribution >= 0.6 is 0 Å². The molecule has 1 aliphatic heterocycles. The molecule has 0 atom stereocenters. The molecule has 0 radical (unpaired) electrons. The molecule has 0 bridgehead atoms. The first-order valence-corrected chi connectivity index (χ1v) is 4.70. The molecule has 0 saturated carbocycles. The average Bonchev–Trinajstić information content (AvgIpc) is 2.22. The van der Waals surface area contributed by atoms with Crippen molar-refractivity contribution in [3.63, 3.8) is 0 Å². The first kappa shape index (κ1) is 11.0. The van der Waals surface area contributed by atoms with Gasteiger partial charge in [0.1, 0.15) is 18.3 Å². The third-order valence-electron chi connectivity index (χ3n) is 1.99. The van der Waals surface area contributed by atoms with E-state index >= 15 is 0 Å². The molecule has 1 aromatic heterocycles. The van der Waals surface area contributed by atoms with Crippen molar-refractivity contribution >= 4 is 23.7 Å². The minimum absolute atomic E-state index is 0.0501. The van der Waals surface area contributed by atoms with Gasteiger partial charge < -0.3 is 17.2 Å². The lowest BCUT2D eigenvalue weighted by Gasteiger charge is -2.21. The quantitative estimate of drug-likeness (QED) is 0.406. The van der Waals surface area contributed by atoms with Crippen LogP contribution in [0.4, 0.5) is 11.9 Å². The van der Waals surface area contributed by atoms with Crippen LogP contribution < -0.4 is 23.0 Å². The molecular weight excluding hydrogens is 224 g/mol. The van der Waals surface area contributed by atoms with E-state index in [0.717, 1.165) is 0 Å². The topological polar surface area (TPSA) is 171 Å². The predicted molar refractivity (Wildman–Crippen MR) is 62.3 cm³/mol. The van der Waals surface area contributed by atoms with Crippen LogP contribution in [0.3, 0.4) is 0 Å². The number of anilines is 2. The molecule has 0 unspecified atom stereocenters. The Kier molecular flexibility index (Phi) is 2.70. The Morgan fingerprint density at radius 3 is 2.35 bits per heavy atom. The average molecular weight is 236 g/mol. The number of nitrogens with zero attached hydrogens (tertiary/aromatic N) is 6. The molecule has 0 amide bonds. The molecule has 0 saturated heterocycles. The molecule has 0 fully saturated rings. The standard InChI is InChI=1S/C7H12N10/c8-5-12-2-17(11)4(15-5)1-3-13-6(9)16-7(10)14-3/h1-2,11H2,(H2,8,12)(H4,9,10,13,14,16). The number of hydrogen-bond donors (Lipinski definition) is 4. The van der Waals surface area contributed by atoms with Crippen molar-refractivity contribution < 1.29 is 0 Å². The number of nitrogen functional groups attached to an aromatic ring is 2. The molecule has 2 rings (SSSR count). The zero-order valence-corrected chi connectivity index (χ0v) is 8.91. The highest BCUT2D eigenvalue weighted by Crippen LogP contribution is 2.03. The molecular formula is C7H12N10. The van der Waals surface area contributed by atoms with E-state index in [4.69, 9.17) is 23.0 Å². The first-order chi connectivity index (χ1) is 8.04. The van der Waals surface area contributed by atoms with Crippen LogP contribution in [0.25, 0.3) is 0 Å². The predicted octanol–water partition coefficient (Wildman–Crippen LogP) is -2.56. The fraction of sp³-hybridized carbons (Fsp3) is 0.286. The van der Waals surface area contributed by atoms with Gasteiger partial charge in [-0.3, -0.25) is 5.01 Å². The molecule has 1 aliphatic rings. The van der Waals surface area contributed by atoms with E-state index in [0.29, 0.717) is 11.7 Å². The van der Waals surface area contributed by atoms with Crippen LogP contribution in [0.2, 0.25) is 0 Å². The SMILES string of the molecule is NC1=NCN(N)C(Cc2nc(N)nc(N)n2)=N1. The number of aromatic nitrogens is 3. The lowest BCUT2D eigenvalue weighted by Crippen LogP contribution is -2.43. The Labute approximate surface area is 96.4 Å². The summed E-state index contributed by atoms with van der Waals surface area (Å²) in [6, 6.07) is 0. The largest absolute Gasteiger partial charge is 0.368 e.